The lowest BCUT2D eigenvalue weighted by Gasteiger charge is -1.92. The van der Waals surface area contributed by atoms with Crippen molar-refractivity contribution >= 4 is 48.5 Å². The Hall–Kier alpha value is -1.01. The summed E-state index contributed by atoms with van der Waals surface area (Å²) >= 11 is 4.44. The van der Waals surface area contributed by atoms with Gasteiger partial charge in [0, 0.05) is 11.4 Å². The van der Waals surface area contributed by atoms with Crippen molar-refractivity contribution in [2.45, 2.75) is 6.92 Å². The van der Waals surface area contributed by atoms with E-state index in [0.29, 0.717) is 14.3 Å². The standard InChI is InChI=1S/C9H6BrFN2OS/c1-4(14)12-9-13-8-6(11)2-5(10)3-7(8)15-9/h2-3H,1H3,(H,12,13,14). The van der Waals surface area contributed by atoms with Crippen LogP contribution in [-0.2, 0) is 4.79 Å². The molecule has 3 nitrogen and oxygen atoms in total. The van der Waals surface area contributed by atoms with Crippen molar-refractivity contribution in [2.24, 2.45) is 0 Å². The van der Waals surface area contributed by atoms with E-state index in [4.69, 9.17) is 0 Å². The molecule has 0 unspecified atom stereocenters. The third-order valence-electron chi connectivity index (χ3n) is 1.70. The number of thiazole rings is 1. The fourth-order valence-electron chi connectivity index (χ4n) is 1.16. The SMILES string of the molecule is CC(=O)Nc1nc2c(F)cc(Br)cc2s1. The molecule has 2 rings (SSSR count). The van der Waals surface area contributed by atoms with Gasteiger partial charge in [0.15, 0.2) is 10.9 Å². The van der Waals surface area contributed by atoms with E-state index in [2.05, 4.69) is 26.2 Å². The van der Waals surface area contributed by atoms with E-state index in [1.54, 1.807) is 6.07 Å². The highest BCUT2D eigenvalue weighted by molar-refractivity contribution is 9.10. The van der Waals surface area contributed by atoms with Crippen molar-refractivity contribution in [3.63, 3.8) is 0 Å². The Morgan fingerprint density at radius 2 is 2.33 bits per heavy atom. The summed E-state index contributed by atoms with van der Waals surface area (Å²) in [7, 11) is 0. The molecule has 0 aliphatic carbocycles. The van der Waals surface area contributed by atoms with Crippen LogP contribution in [0.4, 0.5) is 9.52 Å². The maximum atomic E-state index is 13.4. The quantitative estimate of drug-likeness (QED) is 0.876. The number of benzene rings is 1. The second-order valence-corrected chi connectivity index (χ2v) is 4.88. The predicted molar refractivity (Wildman–Crippen MR) is 61.6 cm³/mol. The highest BCUT2D eigenvalue weighted by Crippen LogP contribution is 2.30. The molecule has 78 valence electrons. The van der Waals surface area contributed by atoms with Gasteiger partial charge in [-0.3, -0.25) is 4.79 Å². The zero-order valence-electron chi connectivity index (χ0n) is 7.67. The fraction of sp³-hybridized carbons (Fsp3) is 0.111. The topological polar surface area (TPSA) is 42.0 Å². The monoisotopic (exact) mass is 288 g/mol. The van der Waals surface area contributed by atoms with Gasteiger partial charge < -0.3 is 5.32 Å². The minimum absolute atomic E-state index is 0.214. The first-order valence-electron chi connectivity index (χ1n) is 4.09. The molecule has 0 spiro atoms. The van der Waals surface area contributed by atoms with E-state index < -0.39 is 5.82 Å². The lowest BCUT2D eigenvalue weighted by atomic mass is 10.3. The summed E-state index contributed by atoms with van der Waals surface area (Å²) in [5.74, 6) is -0.610. The van der Waals surface area contributed by atoms with Gasteiger partial charge in [-0.25, -0.2) is 9.37 Å². The Morgan fingerprint density at radius 3 is 3.00 bits per heavy atom. The smallest absolute Gasteiger partial charge is 0.223 e. The predicted octanol–water partition coefficient (Wildman–Crippen LogP) is 3.16. The van der Waals surface area contributed by atoms with E-state index in [9.17, 15) is 9.18 Å². The minimum Gasteiger partial charge on any atom is -0.302 e. The van der Waals surface area contributed by atoms with Crippen molar-refractivity contribution < 1.29 is 9.18 Å². The first kappa shape index (κ1) is 10.5. The molecule has 0 radical (unpaired) electrons. The van der Waals surface area contributed by atoms with Gasteiger partial charge in [0.2, 0.25) is 5.91 Å². The molecule has 2 aromatic rings. The van der Waals surface area contributed by atoms with E-state index in [-0.39, 0.29) is 11.4 Å². The Labute approximate surface area is 97.4 Å². The molecule has 0 bridgehead atoms. The van der Waals surface area contributed by atoms with Crippen molar-refractivity contribution in [1.29, 1.82) is 0 Å². The van der Waals surface area contributed by atoms with Crippen LogP contribution in [0, 0.1) is 5.82 Å². The van der Waals surface area contributed by atoms with Crippen LogP contribution in [0.5, 0.6) is 0 Å². The molecular formula is C9H6BrFN2OS. The van der Waals surface area contributed by atoms with Crippen LogP contribution in [0.2, 0.25) is 0 Å². The van der Waals surface area contributed by atoms with Gasteiger partial charge >= 0.3 is 0 Å². The summed E-state index contributed by atoms with van der Waals surface area (Å²) in [6, 6.07) is 3.11. The van der Waals surface area contributed by atoms with Gasteiger partial charge in [-0.1, -0.05) is 27.3 Å². The highest BCUT2D eigenvalue weighted by atomic mass is 79.9. The Kier molecular flexibility index (Phi) is 2.70. The normalized spacial score (nSPS) is 10.6. The average molecular weight is 289 g/mol. The lowest BCUT2D eigenvalue weighted by Crippen LogP contribution is -2.04. The van der Waals surface area contributed by atoms with Gasteiger partial charge in [0.25, 0.3) is 0 Å². The second kappa shape index (κ2) is 3.86. The maximum absolute atomic E-state index is 13.4. The molecule has 0 saturated carbocycles. The first-order chi connectivity index (χ1) is 7.06. The van der Waals surface area contributed by atoms with Crippen molar-refractivity contribution in [1.82, 2.24) is 4.98 Å². The van der Waals surface area contributed by atoms with Crippen LogP contribution >= 0.6 is 27.3 Å². The van der Waals surface area contributed by atoms with Crippen LogP contribution in [-0.4, -0.2) is 10.9 Å². The summed E-state index contributed by atoms with van der Waals surface area (Å²) < 4.78 is 14.8. The number of rotatable bonds is 1. The zero-order chi connectivity index (χ0) is 11.0. The molecular weight excluding hydrogens is 283 g/mol. The largest absolute Gasteiger partial charge is 0.302 e. The van der Waals surface area contributed by atoms with E-state index in [1.807, 2.05) is 0 Å². The number of carbonyl (C=O) groups is 1. The molecule has 0 fully saturated rings. The number of carbonyl (C=O) groups excluding carboxylic acids is 1. The van der Waals surface area contributed by atoms with Gasteiger partial charge in [-0.15, -0.1) is 0 Å². The number of fused-ring (bicyclic) bond motifs is 1. The second-order valence-electron chi connectivity index (χ2n) is 2.93. The summed E-state index contributed by atoms with van der Waals surface area (Å²) in [4.78, 5) is 14.8. The summed E-state index contributed by atoms with van der Waals surface area (Å²) in [6.07, 6.45) is 0. The maximum Gasteiger partial charge on any atom is 0.223 e. The number of anilines is 1. The molecule has 1 aromatic heterocycles. The van der Waals surface area contributed by atoms with Crippen molar-refractivity contribution in [3.8, 4) is 0 Å². The van der Waals surface area contributed by atoms with Crippen LogP contribution in [0.1, 0.15) is 6.92 Å². The number of hydrogen-bond acceptors (Lipinski definition) is 3. The van der Waals surface area contributed by atoms with Crippen molar-refractivity contribution in [3.05, 3.63) is 22.4 Å². The number of halogens is 2. The van der Waals surface area contributed by atoms with E-state index >= 15 is 0 Å². The highest BCUT2D eigenvalue weighted by Gasteiger charge is 2.10. The number of nitrogens with one attached hydrogen (secondary N) is 1. The molecule has 1 heterocycles. The molecule has 0 aliphatic heterocycles. The first-order valence-corrected chi connectivity index (χ1v) is 5.70. The zero-order valence-corrected chi connectivity index (χ0v) is 10.1. The van der Waals surface area contributed by atoms with Gasteiger partial charge in [-0.05, 0) is 12.1 Å². The number of amides is 1. The average Bonchev–Trinajstić information content (AvgIpc) is 2.45. The molecule has 15 heavy (non-hydrogen) atoms. The van der Waals surface area contributed by atoms with Crippen LogP contribution in [0.3, 0.4) is 0 Å². The van der Waals surface area contributed by atoms with Crippen LogP contribution in [0.25, 0.3) is 10.2 Å². The lowest BCUT2D eigenvalue weighted by molar-refractivity contribution is -0.114. The third-order valence-corrected chi connectivity index (χ3v) is 3.07. The molecule has 1 aromatic carbocycles. The minimum atomic E-state index is -0.396. The summed E-state index contributed by atoms with van der Waals surface area (Å²) in [5, 5.41) is 2.94. The number of hydrogen-bond donors (Lipinski definition) is 1. The van der Waals surface area contributed by atoms with E-state index in [1.165, 1.54) is 24.3 Å². The Morgan fingerprint density at radius 1 is 1.60 bits per heavy atom. The third kappa shape index (κ3) is 2.15. The summed E-state index contributed by atoms with van der Waals surface area (Å²) in [6.45, 7) is 1.39. The Bertz CT molecular complexity index is 540. The molecule has 1 amide bonds. The summed E-state index contributed by atoms with van der Waals surface area (Å²) in [5.41, 5.74) is 0.284. The number of aromatic nitrogens is 1. The van der Waals surface area contributed by atoms with Crippen LogP contribution < -0.4 is 5.32 Å². The molecule has 6 heteroatoms. The van der Waals surface area contributed by atoms with E-state index in [0.717, 1.165) is 0 Å². The fourth-order valence-corrected chi connectivity index (χ4v) is 2.71. The Balaban J connectivity index is 2.55. The number of nitrogens with zero attached hydrogens (tertiary/aromatic N) is 1. The molecule has 0 atom stereocenters. The van der Waals surface area contributed by atoms with Gasteiger partial charge in [-0.2, -0.15) is 0 Å². The van der Waals surface area contributed by atoms with Crippen molar-refractivity contribution in [2.75, 3.05) is 5.32 Å². The molecule has 0 saturated heterocycles. The van der Waals surface area contributed by atoms with Crippen LogP contribution in [0.15, 0.2) is 16.6 Å². The molecule has 1 N–H and O–H groups in total. The molecule has 0 aliphatic rings. The van der Waals surface area contributed by atoms with Gasteiger partial charge in [0.1, 0.15) is 5.52 Å². The van der Waals surface area contributed by atoms with Gasteiger partial charge in [0.05, 0.1) is 4.70 Å².